The van der Waals surface area contributed by atoms with Crippen molar-refractivity contribution in [2.45, 2.75) is 12.3 Å². The van der Waals surface area contributed by atoms with Crippen LogP contribution in [0.3, 0.4) is 0 Å². The molecule has 0 saturated carbocycles. The standard InChI is InChI=1S/C10H9Cl2F2N/c11-7-3-8(12)5-9(4-7)15-2-1-10(13,14)6-15/h3-5H,1-2,6H2. The third-order valence-corrected chi connectivity index (χ3v) is 2.82. The van der Waals surface area contributed by atoms with Gasteiger partial charge in [0.2, 0.25) is 0 Å². The maximum Gasteiger partial charge on any atom is 0.266 e. The maximum absolute atomic E-state index is 13.0. The molecule has 0 atom stereocenters. The molecule has 15 heavy (non-hydrogen) atoms. The molecule has 1 aliphatic rings. The molecular formula is C10H9Cl2F2N. The second kappa shape index (κ2) is 3.80. The minimum Gasteiger partial charge on any atom is -0.365 e. The fourth-order valence-corrected chi connectivity index (χ4v) is 2.19. The number of nitrogens with zero attached hydrogens (tertiary/aromatic N) is 1. The molecule has 0 unspecified atom stereocenters. The smallest absolute Gasteiger partial charge is 0.266 e. The quantitative estimate of drug-likeness (QED) is 0.733. The highest BCUT2D eigenvalue weighted by Gasteiger charge is 2.38. The molecule has 5 heteroatoms. The van der Waals surface area contributed by atoms with Gasteiger partial charge >= 0.3 is 0 Å². The van der Waals surface area contributed by atoms with Crippen LogP contribution in [0.1, 0.15) is 6.42 Å². The lowest BCUT2D eigenvalue weighted by Gasteiger charge is -2.18. The van der Waals surface area contributed by atoms with Crippen molar-refractivity contribution < 1.29 is 8.78 Å². The Bertz CT molecular complexity index is 361. The zero-order chi connectivity index (χ0) is 11.1. The van der Waals surface area contributed by atoms with Gasteiger partial charge in [-0.15, -0.1) is 0 Å². The van der Waals surface area contributed by atoms with Gasteiger partial charge in [-0.05, 0) is 18.2 Å². The zero-order valence-corrected chi connectivity index (χ0v) is 9.32. The Morgan fingerprint density at radius 2 is 1.73 bits per heavy atom. The Morgan fingerprint density at radius 1 is 1.13 bits per heavy atom. The summed E-state index contributed by atoms with van der Waals surface area (Å²) in [5.74, 6) is -2.60. The summed E-state index contributed by atoms with van der Waals surface area (Å²) in [7, 11) is 0. The monoisotopic (exact) mass is 251 g/mol. The molecule has 2 rings (SSSR count). The molecule has 0 bridgehead atoms. The van der Waals surface area contributed by atoms with E-state index in [1.54, 1.807) is 23.1 Å². The van der Waals surface area contributed by atoms with Crippen molar-refractivity contribution in [2.75, 3.05) is 18.0 Å². The number of anilines is 1. The summed E-state index contributed by atoms with van der Waals surface area (Å²) in [6.07, 6.45) is -0.114. The van der Waals surface area contributed by atoms with Gasteiger partial charge in [-0.3, -0.25) is 0 Å². The molecule has 0 aromatic heterocycles. The van der Waals surface area contributed by atoms with E-state index in [1.165, 1.54) is 0 Å². The third-order valence-electron chi connectivity index (χ3n) is 2.38. The molecule has 1 aromatic rings. The highest BCUT2D eigenvalue weighted by Crippen LogP contribution is 2.33. The minimum atomic E-state index is -2.60. The Balaban J connectivity index is 2.24. The van der Waals surface area contributed by atoms with Gasteiger partial charge in [0.15, 0.2) is 0 Å². The SMILES string of the molecule is FC1(F)CCN(c2cc(Cl)cc(Cl)c2)C1. The second-order valence-corrected chi connectivity index (χ2v) is 4.53. The molecule has 0 amide bonds. The summed E-state index contributed by atoms with van der Waals surface area (Å²) in [5.41, 5.74) is 0.657. The summed E-state index contributed by atoms with van der Waals surface area (Å²) < 4.78 is 25.9. The first-order chi connectivity index (χ1) is 6.96. The van der Waals surface area contributed by atoms with Gasteiger partial charge in [-0.1, -0.05) is 23.2 Å². The number of halogens is 4. The fourth-order valence-electron chi connectivity index (χ4n) is 1.68. The fraction of sp³-hybridized carbons (Fsp3) is 0.400. The van der Waals surface area contributed by atoms with E-state index in [-0.39, 0.29) is 13.0 Å². The predicted molar refractivity (Wildman–Crippen MR) is 58.2 cm³/mol. The summed E-state index contributed by atoms with van der Waals surface area (Å²) in [6.45, 7) is 0.0767. The van der Waals surface area contributed by atoms with Crippen molar-refractivity contribution in [3.8, 4) is 0 Å². The van der Waals surface area contributed by atoms with E-state index in [2.05, 4.69) is 0 Å². The third kappa shape index (κ3) is 2.52. The minimum absolute atomic E-state index is 0.114. The first-order valence-electron chi connectivity index (χ1n) is 4.55. The number of benzene rings is 1. The van der Waals surface area contributed by atoms with Crippen LogP contribution in [0.4, 0.5) is 14.5 Å². The van der Waals surface area contributed by atoms with Crippen LogP contribution in [0, 0.1) is 0 Å². The van der Waals surface area contributed by atoms with E-state index in [4.69, 9.17) is 23.2 Å². The van der Waals surface area contributed by atoms with Crippen LogP contribution in [0.15, 0.2) is 18.2 Å². The molecule has 1 aliphatic heterocycles. The predicted octanol–water partition coefficient (Wildman–Crippen LogP) is 3.84. The lowest BCUT2D eigenvalue weighted by Crippen LogP contribution is -2.24. The van der Waals surface area contributed by atoms with Crippen LogP contribution < -0.4 is 4.90 Å². The Hall–Kier alpha value is -0.540. The van der Waals surface area contributed by atoms with Crippen molar-refractivity contribution in [2.24, 2.45) is 0 Å². The zero-order valence-electron chi connectivity index (χ0n) is 7.81. The molecule has 0 radical (unpaired) electrons. The van der Waals surface area contributed by atoms with Gasteiger partial charge in [0, 0.05) is 28.7 Å². The molecule has 82 valence electrons. The van der Waals surface area contributed by atoms with E-state index in [9.17, 15) is 8.78 Å². The molecule has 1 nitrogen and oxygen atoms in total. The second-order valence-electron chi connectivity index (χ2n) is 3.66. The molecule has 1 heterocycles. The Kier molecular flexibility index (Phi) is 2.77. The maximum atomic E-state index is 13.0. The van der Waals surface area contributed by atoms with Crippen molar-refractivity contribution >= 4 is 28.9 Å². The van der Waals surface area contributed by atoms with Crippen molar-refractivity contribution in [3.63, 3.8) is 0 Å². The molecular weight excluding hydrogens is 243 g/mol. The van der Waals surface area contributed by atoms with Crippen molar-refractivity contribution in [3.05, 3.63) is 28.2 Å². The Labute approximate surface area is 96.6 Å². The van der Waals surface area contributed by atoms with Crippen LogP contribution in [0.5, 0.6) is 0 Å². The molecule has 1 fully saturated rings. The first-order valence-corrected chi connectivity index (χ1v) is 5.31. The van der Waals surface area contributed by atoms with E-state index >= 15 is 0 Å². The number of hydrogen-bond donors (Lipinski definition) is 0. The van der Waals surface area contributed by atoms with Crippen LogP contribution in [0.25, 0.3) is 0 Å². The average molecular weight is 252 g/mol. The van der Waals surface area contributed by atoms with E-state index in [1.807, 2.05) is 0 Å². The lowest BCUT2D eigenvalue weighted by atomic mass is 10.3. The van der Waals surface area contributed by atoms with Crippen molar-refractivity contribution in [1.29, 1.82) is 0 Å². The number of rotatable bonds is 1. The van der Waals surface area contributed by atoms with E-state index < -0.39 is 5.92 Å². The molecule has 0 N–H and O–H groups in total. The van der Waals surface area contributed by atoms with Gasteiger partial charge in [-0.2, -0.15) is 0 Å². The highest BCUT2D eigenvalue weighted by molar-refractivity contribution is 6.35. The summed E-state index contributed by atoms with van der Waals surface area (Å²) in [6, 6.07) is 4.88. The number of alkyl halides is 2. The molecule has 0 aliphatic carbocycles. The number of hydrogen-bond acceptors (Lipinski definition) is 1. The lowest BCUT2D eigenvalue weighted by molar-refractivity contribution is 0.0257. The Morgan fingerprint density at radius 3 is 2.20 bits per heavy atom. The van der Waals surface area contributed by atoms with Gasteiger partial charge < -0.3 is 4.90 Å². The first kappa shape index (κ1) is 11.0. The van der Waals surface area contributed by atoms with Crippen LogP contribution in [-0.2, 0) is 0 Å². The summed E-state index contributed by atoms with van der Waals surface area (Å²) in [4.78, 5) is 1.60. The molecule has 1 aromatic carbocycles. The van der Waals surface area contributed by atoms with Crippen LogP contribution >= 0.6 is 23.2 Å². The van der Waals surface area contributed by atoms with Gasteiger partial charge in [0.25, 0.3) is 5.92 Å². The van der Waals surface area contributed by atoms with Gasteiger partial charge in [-0.25, -0.2) is 8.78 Å². The summed E-state index contributed by atoms with van der Waals surface area (Å²) in [5, 5.41) is 0.931. The van der Waals surface area contributed by atoms with Crippen molar-refractivity contribution in [1.82, 2.24) is 0 Å². The van der Waals surface area contributed by atoms with E-state index in [0.717, 1.165) is 0 Å². The molecule has 1 saturated heterocycles. The van der Waals surface area contributed by atoms with Gasteiger partial charge in [0.1, 0.15) is 0 Å². The van der Waals surface area contributed by atoms with Crippen LogP contribution in [0.2, 0.25) is 10.0 Å². The van der Waals surface area contributed by atoms with Crippen LogP contribution in [-0.4, -0.2) is 19.0 Å². The summed E-state index contributed by atoms with van der Waals surface area (Å²) >= 11 is 11.6. The average Bonchev–Trinajstić information content (AvgIpc) is 2.44. The normalized spacial score (nSPS) is 19.6. The van der Waals surface area contributed by atoms with Gasteiger partial charge in [0.05, 0.1) is 6.54 Å². The largest absolute Gasteiger partial charge is 0.365 e. The van der Waals surface area contributed by atoms with E-state index in [0.29, 0.717) is 22.3 Å². The topological polar surface area (TPSA) is 3.24 Å². The molecule has 0 spiro atoms. The highest BCUT2D eigenvalue weighted by atomic mass is 35.5.